The van der Waals surface area contributed by atoms with Crippen molar-refractivity contribution in [3.8, 4) is 85.6 Å². The highest BCUT2D eigenvalue weighted by molar-refractivity contribution is 7.99. The number of esters is 2. The van der Waals surface area contributed by atoms with E-state index in [0.717, 1.165) is 20.7 Å². The van der Waals surface area contributed by atoms with E-state index in [0.29, 0.717) is 96.8 Å². The van der Waals surface area contributed by atoms with Crippen LogP contribution in [0.3, 0.4) is 0 Å². The molecule has 54 heteroatoms. The van der Waals surface area contributed by atoms with Gasteiger partial charge < -0.3 is 80.0 Å². The van der Waals surface area contributed by atoms with Gasteiger partial charge in [0.2, 0.25) is 5.91 Å². The molecule has 18 heterocycles. The first-order valence-corrected chi connectivity index (χ1v) is 45.2. The standard InChI is InChI=1S/C23H19F2N7O5.C23H19F2N7O4S.C23H19F2N7O3S.C21H16F2N8O3/c24-23(25)37-17-9-14-18(35-7-4-26-14)8-12(17)19-15(11-32(30-19)16-2-6-36-22(16)34)29-21(33)13-10-28-31-5-1-3-27-20(13)31;24-23(25)36-17-9-14-18(37-7-4-26-14)8-12(17)19-15(11-32(30-19)16-2-6-35-22(16)34)29-21(33)13-10-28-31-5-1-3-27-20(13)31;1-30(2)19(33)12-31-11-16(28-22(34)15-10-27-32-6-3-5-26-21(15)32)20(29-31)14-8-13-4-7-36-18(13)9-17(14)35-23(24)25;22-21(23)34-16-9-14-17(33-7-4-25-14)8-12(16)18-15(11-30(29-18)6-2-24)28-20(32)13-10-27-31-5-1-3-26-19(13)31/h2*1,3,5,8-11,16,23,26H,2,4,6-7H2,(H,29,33);3-11,23H,12H2,1-2H3,(H,28,34);1,3,5,8-11,21,25H,4,6-7H2,(H,28,32). The third-order valence-electron chi connectivity index (χ3n) is 22.3. The molecule has 0 aliphatic carbocycles. The van der Waals surface area contributed by atoms with E-state index in [2.05, 4.69) is 97.9 Å². The van der Waals surface area contributed by atoms with Crippen LogP contribution in [0.5, 0.6) is 34.5 Å². The maximum atomic E-state index is 13.4. The van der Waals surface area contributed by atoms with Crippen LogP contribution >= 0.6 is 23.1 Å². The van der Waals surface area contributed by atoms with Crippen molar-refractivity contribution >= 4 is 137 Å². The largest absolute Gasteiger partial charge is 0.490 e. The second-order valence-corrected chi connectivity index (χ2v) is 33.7. The van der Waals surface area contributed by atoms with Gasteiger partial charge in [-0.15, -0.1) is 23.1 Å². The molecular weight excluding hydrogens is 1940 g/mol. The molecule has 44 nitrogen and oxygen atoms in total. The number of thiophene rings is 1. The van der Waals surface area contributed by atoms with Gasteiger partial charge in [-0.1, -0.05) is 0 Å². The molecule has 2 saturated heterocycles. The predicted octanol–water partition coefficient (Wildman–Crippen LogP) is 12.7. The number of amides is 5. The summed E-state index contributed by atoms with van der Waals surface area (Å²) in [5.74, 6) is -2.31. The van der Waals surface area contributed by atoms with Crippen molar-refractivity contribution in [3.05, 3.63) is 206 Å². The molecule has 2 fully saturated rings. The highest BCUT2D eigenvalue weighted by Crippen LogP contribution is 2.49. The summed E-state index contributed by atoms with van der Waals surface area (Å²) in [6.07, 6.45) is 24.8. The van der Waals surface area contributed by atoms with E-state index in [-0.39, 0.29) is 145 Å². The summed E-state index contributed by atoms with van der Waals surface area (Å²) in [6.45, 7) is -9.73. The van der Waals surface area contributed by atoms with Gasteiger partial charge in [0.05, 0.1) is 114 Å². The number of likely N-dealkylation sites (N-methyl/N-ethyl adjacent to an activating group) is 1. The number of benzene rings is 4. The van der Waals surface area contributed by atoms with E-state index in [1.165, 1.54) is 164 Å². The van der Waals surface area contributed by atoms with Gasteiger partial charge in [-0.2, -0.15) is 81.2 Å². The lowest BCUT2D eigenvalue weighted by molar-refractivity contribution is -0.141. The highest BCUT2D eigenvalue weighted by Gasteiger charge is 2.37. The number of carbonyl (C=O) groups is 7. The van der Waals surface area contributed by atoms with Crippen LogP contribution in [0.2, 0.25) is 0 Å². The Balaban J connectivity index is 0.000000122. The van der Waals surface area contributed by atoms with Gasteiger partial charge in [0.15, 0.2) is 34.7 Å². The van der Waals surface area contributed by atoms with Crippen LogP contribution in [-0.4, -0.2) is 236 Å². The van der Waals surface area contributed by atoms with Gasteiger partial charge in [0, 0.05) is 147 Å². The fourth-order valence-corrected chi connectivity index (χ4v) is 17.5. The first kappa shape index (κ1) is 94.9. The smallest absolute Gasteiger partial charge is 0.387 e. The molecule has 5 aliphatic heterocycles. The van der Waals surface area contributed by atoms with E-state index < -0.39 is 74.1 Å². The average Bonchev–Trinajstić information content (AvgIpc) is 1.53. The molecular formula is C90H73F8N29O15S2. The molecule has 0 saturated carbocycles. The first-order valence-electron chi connectivity index (χ1n) is 43.4. The zero-order valence-electron chi connectivity index (χ0n) is 74.6. The van der Waals surface area contributed by atoms with Crippen LogP contribution in [-0.2, 0) is 36.9 Å². The van der Waals surface area contributed by atoms with Crippen molar-refractivity contribution < 1.29 is 107 Å². The Morgan fingerprint density at radius 1 is 0.479 bits per heavy atom. The number of nitriles is 1. The molecule has 736 valence electrons. The summed E-state index contributed by atoms with van der Waals surface area (Å²) in [4.78, 5) is 109. The Labute approximate surface area is 811 Å². The van der Waals surface area contributed by atoms with Crippen LogP contribution in [0.1, 0.15) is 66.4 Å². The summed E-state index contributed by atoms with van der Waals surface area (Å²) in [6, 6.07) is 21.2. The normalized spacial score (nSPS) is 14.5. The van der Waals surface area contributed by atoms with Gasteiger partial charge in [-0.05, 0) is 71.4 Å². The number of rotatable bonds is 25. The van der Waals surface area contributed by atoms with Gasteiger partial charge >= 0.3 is 38.4 Å². The van der Waals surface area contributed by atoms with Crippen molar-refractivity contribution in [2.24, 2.45) is 0 Å². The molecule has 0 radical (unpaired) electrons. The Hall–Kier alpha value is -18.1. The average molecular weight is 2020 g/mol. The van der Waals surface area contributed by atoms with Gasteiger partial charge in [-0.3, -0.25) is 42.7 Å². The lowest BCUT2D eigenvalue weighted by atomic mass is 10.1. The van der Waals surface area contributed by atoms with E-state index in [9.17, 15) is 68.7 Å². The fourth-order valence-electron chi connectivity index (χ4n) is 15.8. The maximum absolute atomic E-state index is 13.4. The summed E-state index contributed by atoms with van der Waals surface area (Å²) in [7, 11) is 3.21. The quantitative estimate of drug-likeness (QED) is 0.0206. The minimum atomic E-state index is -3.11. The molecule has 0 bridgehead atoms. The van der Waals surface area contributed by atoms with Crippen molar-refractivity contribution in [3.63, 3.8) is 0 Å². The van der Waals surface area contributed by atoms with E-state index in [1.54, 1.807) is 87.0 Å². The molecule has 2 unspecified atom stereocenters. The Bertz CT molecular complexity index is 7640. The maximum Gasteiger partial charge on any atom is 0.387 e. The lowest BCUT2D eigenvalue weighted by Crippen LogP contribution is -2.26. The Morgan fingerprint density at radius 2 is 0.861 bits per heavy atom. The minimum Gasteiger partial charge on any atom is -0.490 e. The summed E-state index contributed by atoms with van der Waals surface area (Å²) < 4.78 is 159. The van der Waals surface area contributed by atoms with Gasteiger partial charge in [0.1, 0.15) is 106 Å². The molecule has 5 amide bonds. The first-order chi connectivity index (χ1) is 69.8. The number of carbonyl (C=O) groups excluding carboxylic acids is 7. The number of thioether (sulfide) groups is 1. The number of anilines is 7. The van der Waals surface area contributed by atoms with Crippen LogP contribution < -0.4 is 65.6 Å². The number of alkyl halides is 8. The van der Waals surface area contributed by atoms with E-state index in [1.807, 2.05) is 17.5 Å². The van der Waals surface area contributed by atoms with Crippen molar-refractivity contribution in [2.75, 3.05) is 103 Å². The fraction of sp³-hybridized carbons (Fsp3) is 0.222. The highest BCUT2D eigenvalue weighted by atomic mass is 32.2. The van der Waals surface area contributed by atoms with Crippen LogP contribution in [0.25, 0.3) is 77.7 Å². The third kappa shape index (κ3) is 20.3. The van der Waals surface area contributed by atoms with Crippen molar-refractivity contribution in [2.45, 2.75) is 69.4 Å². The number of nitrogens with zero attached hydrogens (tertiary/aromatic N) is 22. The number of fused-ring (bicyclic) bond motifs is 8. The third-order valence-corrected chi connectivity index (χ3v) is 24.2. The van der Waals surface area contributed by atoms with Gasteiger partial charge in [-0.25, -0.2) is 47.6 Å². The Kier molecular flexibility index (Phi) is 27.1. The molecule has 5 aliphatic rings. The number of aromatic nitrogens is 20. The van der Waals surface area contributed by atoms with Crippen LogP contribution in [0.4, 0.5) is 74.9 Å². The molecule has 13 aromatic heterocycles. The molecule has 2 atom stereocenters. The number of ether oxygens (including phenoxy) is 8. The van der Waals surface area contributed by atoms with E-state index in [4.69, 9.17) is 43.2 Å². The summed E-state index contributed by atoms with van der Waals surface area (Å²) in [5.41, 5.74) is 5.85. The van der Waals surface area contributed by atoms with E-state index >= 15 is 0 Å². The summed E-state index contributed by atoms with van der Waals surface area (Å²) in [5, 5.41) is 66.3. The number of nitrogens with one attached hydrogen (secondary N) is 7. The zero-order chi connectivity index (χ0) is 100. The molecule has 0 spiro atoms. The second kappa shape index (κ2) is 41.2. The molecule has 22 rings (SSSR count). The lowest BCUT2D eigenvalue weighted by Gasteiger charge is -2.21. The topological polar surface area (TPSA) is 497 Å². The molecule has 7 N–H and O–H groups in total. The van der Waals surface area contributed by atoms with Crippen LogP contribution in [0.15, 0.2) is 188 Å². The predicted molar refractivity (Wildman–Crippen MR) is 497 cm³/mol. The van der Waals surface area contributed by atoms with Gasteiger partial charge in [0.25, 0.3) is 23.6 Å². The number of halogens is 8. The van der Waals surface area contributed by atoms with Crippen molar-refractivity contribution in [1.82, 2.24) is 102 Å². The Morgan fingerprint density at radius 3 is 1.27 bits per heavy atom. The number of hydrogen-bond acceptors (Lipinski definition) is 33. The zero-order valence-corrected chi connectivity index (χ0v) is 76.2. The number of hydrogen-bond donors (Lipinski definition) is 7. The summed E-state index contributed by atoms with van der Waals surface area (Å²) >= 11 is 2.93. The molecule has 4 aromatic carbocycles. The molecule has 17 aromatic rings. The SMILES string of the molecule is CN(C)C(=O)Cn1cc(NC(=O)c2cnn3cccnc23)c(-c2cc3ccsc3cc2OC(F)F)n1.N#CCn1cc(NC(=O)c2cnn3cccnc23)c(-c2cc3c(cc2OC(F)F)NCCO3)n1.O=C(Nc1cn(C2CCOC2=O)nc1-c1cc2c(cc1OC(F)F)NCCO2)c1cnn2cccnc12.O=C(Nc1cn(C2CCOC2=O)nc1-c1cc2c(cc1OC(F)F)NCCS2)c1cnn2cccnc12. The van der Waals surface area contributed by atoms with Crippen molar-refractivity contribution in [1.29, 1.82) is 5.26 Å². The monoisotopic (exact) mass is 2020 g/mol. The second-order valence-electron chi connectivity index (χ2n) is 31.6. The molecule has 144 heavy (non-hydrogen) atoms. The number of cyclic esters (lactones) is 2. The minimum absolute atomic E-state index is 0.0997. The van der Waals surface area contributed by atoms with Crippen LogP contribution in [0, 0.1) is 11.3 Å².